The molecule has 1 N–H and O–H groups in total. The number of ether oxygens (including phenoxy) is 1. The lowest BCUT2D eigenvalue weighted by Crippen LogP contribution is -2.65. The number of halogens is 2. The Morgan fingerprint density at radius 3 is 2.76 bits per heavy atom. The van der Waals surface area contributed by atoms with E-state index in [1.807, 2.05) is 0 Å². The molecule has 21 heavy (non-hydrogen) atoms. The van der Waals surface area contributed by atoms with Gasteiger partial charge in [-0.15, -0.1) is 0 Å². The van der Waals surface area contributed by atoms with E-state index in [2.05, 4.69) is 28.2 Å². The second kappa shape index (κ2) is 6.25. The van der Waals surface area contributed by atoms with Crippen molar-refractivity contribution in [2.75, 3.05) is 6.54 Å². The summed E-state index contributed by atoms with van der Waals surface area (Å²) in [5.41, 5.74) is 0.287. The van der Waals surface area contributed by atoms with Crippen LogP contribution in [0.2, 0.25) is 0 Å². The normalized spacial score (nSPS) is 27.4. The fraction of sp³-hybridized carbons (Fsp3) is 0.647. The summed E-state index contributed by atoms with van der Waals surface area (Å²) in [6, 6.07) is 5.52. The van der Waals surface area contributed by atoms with Gasteiger partial charge in [0.1, 0.15) is 17.7 Å². The molecule has 2 aliphatic carbocycles. The summed E-state index contributed by atoms with van der Waals surface area (Å²) in [5, 5.41) is 3.63. The predicted octanol–water partition coefficient (Wildman–Crippen LogP) is 4.67. The molecule has 4 heteroatoms. The Kier molecular flexibility index (Phi) is 4.55. The topological polar surface area (TPSA) is 21.3 Å². The van der Waals surface area contributed by atoms with Crippen LogP contribution in [0, 0.1) is 11.2 Å². The zero-order chi connectivity index (χ0) is 14.9. The van der Waals surface area contributed by atoms with E-state index in [1.54, 1.807) is 12.1 Å². The molecule has 0 radical (unpaired) electrons. The first-order chi connectivity index (χ1) is 10.2. The highest BCUT2D eigenvalue weighted by molar-refractivity contribution is 9.10. The summed E-state index contributed by atoms with van der Waals surface area (Å²) >= 11 is 3.23. The molecule has 1 aromatic rings. The lowest BCUT2D eigenvalue weighted by Gasteiger charge is -2.57. The van der Waals surface area contributed by atoms with Gasteiger partial charge < -0.3 is 10.1 Å². The van der Waals surface area contributed by atoms with Crippen LogP contribution in [0.4, 0.5) is 4.39 Å². The molecule has 116 valence electrons. The van der Waals surface area contributed by atoms with Crippen LogP contribution in [0.1, 0.15) is 45.4 Å². The van der Waals surface area contributed by atoms with Gasteiger partial charge in [-0.3, -0.25) is 0 Å². The Hall–Kier alpha value is -0.610. The highest BCUT2D eigenvalue weighted by Gasteiger charge is 2.56. The molecule has 2 saturated carbocycles. The Morgan fingerprint density at radius 1 is 1.33 bits per heavy atom. The molecular weight excluding hydrogens is 333 g/mol. The van der Waals surface area contributed by atoms with Crippen molar-refractivity contribution in [2.24, 2.45) is 5.41 Å². The third kappa shape index (κ3) is 2.85. The number of hydrogen-bond acceptors (Lipinski definition) is 2. The van der Waals surface area contributed by atoms with Crippen molar-refractivity contribution >= 4 is 15.9 Å². The maximum atomic E-state index is 13.3. The minimum atomic E-state index is -0.242. The van der Waals surface area contributed by atoms with Crippen LogP contribution in [0.15, 0.2) is 22.7 Å². The molecule has 3 rings (SSSR count). The van der Waals surface area contributed by atoms with Crippen molar-refractivity contribution in [2.45, 2.75) is 57.6 Å². The number of rotatable bonds is 4. The molecule has 0 aliphatic heterocycles. The van der Waals surface area contributed by atoms with Gasteiger partial charge in [0.15, 0.2) is 0 Å². The summed E-state index contributed by atoms with van der Waals surface area (Å²) in [4.78, 5) is 0. The quantitative estimate of drug-likeness (QED) is 0.847. The van der Waals surface area contributed by atoms with Gasteiger partial charge in [0.2, 0.25) is 0 Å². The smallest absolute Gasteiger partial charge is 0.137 e. The summed E-state index contributed by atoms with van der Waals surface area (Å²) in [5.74, 6) is 0.530. The molecule has 2 nitrogen and oxygen atoms in total. The summed E-state index contributed by atoms with van der Waals surface area (Å²) in [6.07, 6.45) is 7.76. The molecule has 0 saturated heterocycles. The summed E-state index contributed by atoms with van der Waals surface area (Å²) < 4.78 is 20.0. The average molecular weight is 356 g/mol. The third-order valence-corrected chi connectivity index (χ3v) is 5.80. The van der Waals surface area contributed by atoms with Crippen LogP contribution < -0.4 is 10.1 Å². The van der Waals surface area contributed by atoms with E-state index in [0.29, 0.717) is 10.5 Å². The summed E-state index contributed by atoms with van der Waals surface area (Å²) in [7, 11) is 0. The van der Waals surface area contributed by atoms with Crippen molar-refractivity contribution in [3.63, 3.8) is 0 Å². The Balaban J connectivity index is 1.73. The average Bonchev–Trinajstić information content (AvgIpc) is 2.50. The molecule has 0 amide bonds. The van der Waals surface area contributed by atoms with E-state index in [-0.39, 0.29) is 17.3 Å². The fourth-order valence-electron chi connectivity index (χ4n) is 4.04. The van der Waals surface area contributed by atoms with Gasteiger partial charge in [0.25, 0.3) is 0 Å². The first-order valence-electron chi connectivity index (χ1n) is 8.01. The van der Waals surface area contributed by atoms with Crippen LogP contribution in [0.3, 0.4) is 0 Å². The molecule has 0 heterocycles. The standard InChI is InChI=1S/C17H23BrFNO/c1-2-20-15-11-16(17(15)8-4-3-5-9-17)21-12-6-7-14(19)13(18)10-12/h6-7,10,15-16,20H,2-5,8-9,11H2,1H3. The van der Waals surface area contributed by atoms with Crippen LogP contribution in [-0.4, -0.2) is 18.7 Å². The molecule has 0 aromatic heterocycles. The minimum Gasteiger partial charge on any atom is -0.490 e. The monoisotopic (exact) mass is 355 g/mol. The highest BCUT2D eigenvalue weighted by Crippen LogP contribution is 2.53. The SMILES string of the molecule is CCNC1CC(Oc2ccc(F)c(Br)c2)C12CCCCC2. The molecule has 1 spiro atoms. The number of hydrogen-bond donors (Lipinski definition) is 1. The first kappa shape index (κ1) is 15.3. The maximum Gasteiger partial charge on any atom is 0.137 e. The van der Waals surface area contributed by atoms with Crippen molar-refractivity contribution in [1.29, 1.82) is 0 Å². The lowest BCUT2D eigenvalue weighted by atomic mass is 9.55. The van der Waals surface area contributed by atoms with E-state index >= 15 is 0 Å². The van der Waals surface area contributed by atoms with Gasteiger partial charge in [-0.2, -0.15) is 0 Å². The predicted molar refractivity (Wildman–Crippen MR) is 86.1 cm³/mol. The Morgan fingerprint density at radius 2 is 2.10 bits per heavy atom. The maximum absolute atomic E-state index is 13.3. The molecular formula is C17H23BrFNO. The van der Waals surface area contributed by atoms with E-state index in [4.69, 9.17) is 4.74 Å². The van der Waals surface area contributed by atoms with Gasteiger partial charge >= 0.3 is 0 Å². The van der Waals surface area contributed by atoms with Gasteiger partial charge in [-0.25, -0.2) is 4.39 Å². The second-order valence-corrected chi connectivity index (χ2v) is 7.18. The highest BCUT2D eigenvalue weighted by atomic mass is 79.9. The molecule has 2 atom stereocenters. The van der Waals surface area contributed by atoms with Gasteiger partial charge in [0.05, 0.1) is 4.47 Å². The molecule has 1 aromatic carbocycles. The molecule has 0 bridgehead atoms. The molecule has 2 unspecified atom stereocenters. The summed E-state index contributed by atoms with van der Waals surface area (Å²) in [6.45, 7) is 3.18. The third-order valence-electron chi connectivity index (χ3n) is 5.19. The zero-order valence-electron chi connectivity index (χ0n) is 12.5. The van der Waals surface area contributed by atoms with Gasteiger partial charge in [-0.05, 0) is 53.5 Å². The Bertz CT molecular complexity index is 502. The van der Waals surface area contributed by atoms with Crippen LogP contribution in [0.5, 0.6) is 5.75 Å². The van der Waals surface area contributed by atoms with Gasteiger partial charge in [-0.1, -0.05) is 26.2 Å². The van der Waals surface area contributed by atoms with E-state index in [0.717, 1.165) is 18.7 Å². The van der Waals surface area contributed by atoms with Crippen LogP contribution in [-0.2, 0) is 0 Å². The Labute approximate surface area is 134 Å². The molecule has 2 aliphatic rings. The molecule has 2 fully saturated rings. The van der Waals surface area contributed by atoms with Crippen LogP contribution in [0.25, 0.3) is 0 Å². The van der Waals surface area contributed by atoms with Crippen LogP contribution >= 0.6 is 15.9 Å². The first-order valence-corrected chi connectivity index (χ1v) is 8.80. The van der Waals surface area contributed by atoms with Crippen molar-refractivity contribution < 1.29 is 9.13 Å². The second-order valence-electron chi connectivity index (χ2n) is 6.32. The van der Waals surface area contributed by atoms with Crippen molar-refractivity contribution in [3.05, 3.63) is 28.5 Å². The number of benzene rings is 1. The fourth-order valence-corrected chi connectivity index (χ4v) is 4.40. The number of nitrogens with one attached hydrogen (secondary N) is 1. The lowest BCUT2D eigenvalue weighted by molar-refractivity contribution is -0.102. The largest absolute Gasteiger partial charge is 0.490 e. The zero-order valence-corrected chi connectivity index (χ0v) is 14.1. The van der Waals surface area contributed by atoms with E-state index in [1.165, 1.54) is 38.2 Å². The minimum absolute atomic E-state index is 0.242. The van der Waals surface area contributed by atoms with E-state index in [9.17, 15) is 4.39 Å². The van der Waals surface area contributed by atoms with Crippen molar-refractivity contribution in [1.82, 2.24) is 5.32 Å². The van der Waals surface area contributed by atoms with E-state index < -0.39 is 0 Å². The van der Waals surface area contributed by atoms with Gasteiger partial charge in [0, 0.05) is 17.9 Å². The van der Waals surface area contributed by atoms with Crippen molar-refractivity contribution in [3.8, 4) is 5.75 Å².